The third-order valence-corrected chi connectivity index (χ3v) is 2.03. The molecule has 0 atom stereocenters. The van der Waals surface area contributed by atoms with Gasteiger partial charge in [0.05, 0.1) is 0 Å². The van der Waals surface area contributed by atoms with E-state index >= 15 is 0 Å². The van der Waals surface area contributed by atoms with Crippen LogP contribution in [0.3, 0.4) is 0 Å². The molecular formula is C11H13F3N4O2. The number of aliphatic imine (C=N–C) groups is 1. The van der Waals surface area contributed by atoms with Gasteiger partial charge in [-0.3, -0.25) is 4.79 Å². The van der Waals surface area contributed by atoms with Gasteiger partial charge in [0.25, 0.3) is 0 Å². The molecule has 1 aromatic carbocycles. The molecule has 1 amide bonds. The predicted molar refractivity (Wildman–Crippen MR) is 67.3 cm³/mol. The normalized spacial score (nSPS) is 11.9. The fraction of sp³-hybridized carbons (Fsp3) is 0.273. The first-order valence-corrected chi connectivity index (χ1v) is 5.43. The van der Waals surface area contributed by atoms with E-state index < -0.39 is 6.36 Å². The average Bonchev–Trinajstić information content (AvgIpc) is 2.36. The van der Waals surface area contributed by atoms with Crippen LogP contribution in [0.4, 0.5) is 18.9 Å². The smallest absolute Gasteiger partial charge is 0.406 e. The highest BCUT2D eigenvalue weighted by atomic mass is 19.4. The van der Waals surface area contributed by atoms with E-state index in [1.165, 1.54) is 19.2 Å². The summed E-state index contributed by atoms with van der Waals surface area (Å²) >= 11 is 0. The van der Waals surface area contributed by atoms with Crippen LogP contribution in [-0.4, -0.2) is 31.8 Å². The number of benzene rings is 1. The molecular weight excluding hydrogens is 277 g/mol. The molecule has 1 rings (SSSR count). The molecule has 0 bridgehead atoms. The van der Waals surface area contributed by atoms with Crippen LogP contribution < -0.4 is 21.1 Å². The summed E-state index contributed by atoms with van der Waals surface area (Å²) < 4.78 is 39.6. The average molecular weight is 290 g/mol. The SMILES string of the molecule is CNC(=O)CN=C(N)Nc1ccc(OC(F)(F)F)cc1. The van der Waals surface area contributed by atoms with Gasteiger partial charge in [-0.2, -0.15) is 0 Å². The van der Waals surface area contributed by atoms with E-state index in [9.17, 15) is 18.0 Å². The molecule has 0 radical (unpaired) electrons. The van der Waals surface area contributed by atoms with Crippen LogP contribution in [0.5, 0.6) is 5.75 Å². The highest BCUT2D eigenvalue weighted by Crippen LogP contribution is 2.23. The predicted octanol–water partition coefficient (Wildman–Crippen LogP) is 1.06. The fourth-order valence-electron chi connectivity index (χ4n) is 1.16. The van der Waals surface area contributed by atoms with Gasteiger partial charge in [-0.25, -0.2) is 4.99 Å². The maximum atomic E-state index is 11.9. The number of carbonyl (C=O) groups is 1. The molecule has 0 heterocycles. The van der Waals surface area contributed by atoms with Crippen molar-refractivity contribution in [2.45, 2.75) is 6.36 Å². The van der Waals surface area contributed by atoms with Crippen molar-refractivity contribution in [3.8, 4) is 5.75 Å². The minimum Gasteiger partial charge on any atom is -0.406 e. The van der Waals surface area contributed by atoms with E-state index in [0.717, 1.165) is 12.1 Å². The number of guanidine groups is 1. The molecule has 0 saturated carbocycles. The van der Waals surface area contributed by atoms with E-state index in [2.05, 4.69) is 20.4 Å². The number of ether oxygens (including phenoxy) is 1. The number of nitrogens with zero attached hydrogens (tertiary/aromatic N) is 1. The zero-order chi connectivity index (χ0) is 15.2. The topological polar surface area (TPSA) is 88.7 Å². The Morgan fingerprint density at radius 2 is 1.95 bits per heavy atom. The molecule has 110 valence electrons. The van der Waals surface area contributed by atoms with Gasteiger partial charge in [0.2, 0.25) is 5.91 Å². The third kappa shape index (κ3) is 5.94. The molecule has 4 N–H and O–H groups in total. The molecule has 0 aliphatic rings. The molecule has 0 fully saturated rings. The van der Waals surface area contributed by atoms with Gasteiger partial charge >= 0.3 is 6.36 Å². The zero-order valence-electron chi connectivity index (χ0n) is 10.5. The summed E-state index contributed by atoms with van der Waals surface area (Å²) in [6.07, 6.45) is -4.73. The highest BCUT2D eigenvalue weighted by Gasteiger charge is 2.30. The highest BCUT2D eigenvalue weighted by molar-refractivity contribution is 5.93. The van der Waals surface area contributed by atoms with E-state index in [4.69, 9.17) is 5.73 Å². The lowest BCUT2D eigenvalue weighted by atomic mass is 10.3. The maximum absolute atomic E-state index is 11.9. The van der Waals surface area contributed by atoms with Crippen molar-refractivity contribution in [3.63, 3.8) is 0 Å². The lowest BCUT2D eigenvalue weighted by Crippen LogP contribution is -2.27. The second-order valence-electron chi connectivity index (χ2n) is 3.57. The Balaban J connectivity index is 2.59. The number of amides is 1. The lowest BCUT2D eigenvalue weighted by molar-refractivity contribution is -0.274. The number of likely N-dealkylation sites (N-methyl/N-ethyl adjacent to an activating group) is 1. The Hall–Kier alpha value is -2.45. The summed E-state index contributed by atoms with van der Waals surface area (Å²) in [4.78, 5) is 14.7. The molecule has 9 heteroatoms. The summed E-state index contributed by atoms with van der Waals surface area (Å²) in [5.74, 6) is -0.689. The minimum atomic E-state index is -4.73. The number of hydrogen-bond acceptors (Lipinski definition) is 3. The molecule has 0 unspecified atom stereocenters. The van der Waals surface area contributed by atoms with Gasteiger partial charge in [0, 0.05) is 12.7 Å². The largest absolute Gasteiger partial charge is 0.573 e. The van der Waals surface area contributed by atoms with Crippen LogP contribution in [0.25, 0.3) is 0 Å². The van der Waals surface area contributed by atoms with Crippen molar-refractivity contribution < 1.29 is 22.7 Å². The van der Waals surface area contributed by atoms with Crippen molar-refractivity contribution in [1.82, 2.24) is 5.32 Å². The Kier molecular flexibility index (Phi) is 5.18. The Morgan fingerprint density at radius 1 is 1.35 bits per heavy atom. The zero-order valence-corrected chi connectivity index (χ0v) is 10.5. The van der Waals surface area contributed by atoms with E-state index in [1.54, 1.807) is 0 Å². The maximum Gasteiger partial charge on any atom is 0.573 e. The van der Waals surface area contributed by atoms with Gasteiger partial charge < -0.3 is 21.1 Å². The number of anilines is 1. The van der Waals surface area contributed by atoms with Gasteiger partial charge in [-0.05, 0) is 24.3 Å². The van der Waals surface area contributed by atoms with Gasteiger partial charge in [0.1, 0.15) is 12.3 Å². The van der Waals surface area contributed by atoms with Crippen LogP contribution in [0.1, 0.15) is 0 Å². The Labute approximate surface area is 112 Å². The molecule has 0 spiro atoms. The van der Waals surface area contributed by atoms with Crippen molar-refractivity contribution >= 4 is 17.6 Å². The van der Waals surface area contributed by atoms with Gasteiger partial charge in [0.15, 0.2) is 5.96 Å². The number of nitrogens with two attached hydrogens (primary N) is 1. The van der Waals surface area contributed by atoms with Crippen LogP contribution in [0.15, 0.2) is 29.3 Å². The number of nitrogens with one attached hydrogen (secondary N) is 2. The summed E-state index contributed by atoms with van der Waals surface area (Å²) in [7, 11) is 1.46. The Morgan fingerprint density at radius 3 is 2.45 bits per heavy atom. The van der Waals surface area contributed by atoms with E-state index in [-0.39, 0.29) is 24.2 Å². The second-order valence-corrected chi connectivity index (χ2v) is 3.57. The summed E-state index contributed by atoms with van der Waals surface area (Å²) in [6, 6.07) is 4.93. The van der Waals surface area contributed by atoms with Gasteiger partial charge in [-0.1, -0.05) is 0 Å². The molecule has 0 aromatic heterocycles. The van der Waals surface area contributed by atoms with Crippen molar-refractivity contribution in [1.29, 1.82) is 0 Å². The van der Waals surface area contributed by atoms with E-state index in [0.29, 0.717) is 5.69 Å². The molecule has 0 aliphatic carbocycles. The Bertz CT molecular complexity index is 485. The summed E-state index contributed by atoms with van der Waals surface area (Å²) in [6.45, 7) is -0.148. The van der Waals surface area contributed by atoms with Crippen LogP contribution in [0.2, 0.25) is 0 Å². The molecule has 1 aromatic rings. The number of rotatable bonds is 4. The van der Waals surface area contributed by atoms with Gasteiger partial charge in [-0.15, -0.1) is 13.2 Å². The summed E-state index contributed by atoms with van der Waals surface area (Å²) in [5, 5.41) is 4.98. The monoisotopic (exact) mass is 290 g/mol. The number of carbonyl (C=O) groups excluding carboxylic acids is 1. The fourth-order valence-corrected chi connectivity index (χ4v) is 1.16. The minimum absolute atomic E-state index is 0.0295. The third-order valence-electron chi connectivity index (χ3n) is 2.03. The number of alkyl halides is 3. The van der Waals surface area contributed by atoms with Crippen molar-refractivity contribution in [2.24, 2.45) is 10.7 Å². The van der Waals surface area contributed by atoms with Crippen molar-refractivity contribution in [2.75, 3.05) is 18.9 Å². The summed E-state index contributed by atoms with van der Waals surface area (Å²) in [5.41, 5.74) is 5.91. The van der Waals surface area contributed by atoms with Crippen LogP contribution in [-0.2, 0) is 4.79 Å². The van der Waals surface area contributed by atoms with Crippen LogP contribution in [0, 0.1) is 0 Å². The first-order valence-electron chi connectivity index (χ1n) is 5.43. The van der Waals surface area contributed by atoms with Crippen molar-refractivity contribution in [3.05, 3.63) is 24.3 Å². The second kappa shape index (κ2) is 6.64. The first-order chi connectivity index (χ1) is 9.30. The van der Waals surface area contributed by atoms with E-state index in [1.807, 2.05) is 0 Å². The lowest BCUT2D eigenvalue weighted by Gasteiger charge is -2.10. The molecule has 6 nitrogen and oxygen atoms in total. The first kappa shape index (κ1) is 15.6. The molecule has 20 heavy (non-hydrogen) atoms. The standard InChI is InChI=1S/C11H13F3N4O2/c1-16-9(19)6-17-10(15)18-7-2-4-8(5-3-7)20-11(12,13)14/h2-5H,6H2,1H3,(H,16,19)(H3,15,17,18). The number of hydrogen-bond donors (Lipinski definition) is 3. The quantitative estimate of drug-likeness (QED) is 0.571. The molecule has 0 aliphatic heterocycles. The number of halogens is 3. The molecule has 0 saturated heterocycles. The van der Waals surface area contributed by atoms with Crippen LogP contribution >= 0.6 is 0 Å².